The molecule has 0 aliphatic carbocycles. The number of benzene rings is 1. The predicted molar refractivity (Wildman–Crippen MR) is 96.1 cm³/mol. The van der Waals surface area contributed by atoms with Crippen molar-refractivity contribution in [3.05, 3.63) is 57.5 Å². The molecule has 0 atom stereocenters. The van der Waals surface area contributed by atoms with Gasteiger partial charge in [0.05, 0.1) is 32.9 Å². The zero-order chi connectivity index (χ0) is 18.7. The van der Waals surface area contributed by atoms with Crippen molar-refractivity contribution < 1.29 is 19.1 Å². The number of ether oxygens (including phenoxy) is 1. The number of aryl methyl sites for hydroxylation is 2. The van der Waals surface area contributed by atoms with Crippen molar-refractivity contribution >= 4 is 40.2 Å². The third kappa shape index (κ3) is 3.92. The lowest BCUT2D eigenvalue weighted by molar-refractivity contribution is -0.123. The second kappa shape index (κ2) is 7.40. The third-order valence-corrected chi connectivity index (χ3v) is 4.51. The summed E-state index contributed by atoms with van der Waals surface area (Å²) in [6.07, 6.45) is 0. The number of imide groups is 1. The van der Waals surface area contributed by atoms with E-state index in [0.717, 1.165) is 11.4 Å². The van der Waals surface area contributed by atoms with Crippen LogP contribution >= 0.6 is 11.3 Å². The molecule has 0 radical (unpaired) electrons. The van der Waals surface area contributed by atoms with E-state index in [2.05, 4.69) is 15.3 Å². The smallest absolute Gasteiger partial charge is 0.338 e. The monoisotopic (exact) mass is 369 g/mol. The highest BCUT2D eigenvalue weighted by Crippen LogP contribution is 2.15. The summed E-state index contributed by atoms with van der Waals surface area (Å²) in [5, 5.41) is 3.89. The molecule has 3 aromatic rings. The lowest BCUT2D eigenvalue weighted by Crippen LogP contribution is -2.33. The minimum absolute atomic E-state index is 0.257. The number of nitrogens with zero attached hydrogens (tertiary/aromatic N) is 2. The molecule has 2 heterocycles. The van der Waals surface area contributed by atoms with Gasteiger partial charge in [-0.25, -0.2) is 14.8 Å². The molecule has 3 rings (SSSR count). The average molecular weight is 369 g/mol. The fourth-order valence-corrected chi connectivity index (χ4v) is 2.82. The van der Waals surface area contributed by atoms with Crippen LogP contribution in [0.15, 0.2) is 35.7 Å². The van der Waals surface area contributed by atoms with Crippen molar-refractivity contribution in [3.8, 4) is 0 Å². The summed E-state index contributed by atoms with van der Waals surface area (Å²) in [6.45, 7) is 3.15. The molecule has 0 fully saturated rings. The highest BCUT2D eigenvalue weighted by atomic mass is 32.1. The molecular formula is C18H15N3O4S. The molecule has 7 nitrogen and oxygen atoms in total. The van der Waals surface area contributed by atoms with Crippen molar-refractivity contribution in [1.82, 2.24) is 15.3 Å². The molecule has 2 aromatic heterocycles. The number of fused-ring (bicyclic) bond motifs is 1. The number of aromatic nitrogens is 2. The first-order chi connectivity index (χ1) is 12.4. The van der Waals surface area contributed by atoms with Crippen LogP contribution in [0.2, 0.25) is 0 Å². The van der Waals surface area contributed by atoms with Crippen LogP contribution in [0.25, 0.3) is 11.0 Å². The first-order valence-corrected chi connectivity index (χ1v) is 8.62. The second-order valence-corrected chi connectivity index (χ2v) is 6.48. The maximum absolute atomic E-state index is 12.1. The Balaban J connectivity index is 1.62. The lowest BCUT2D eigenvalue weighted by atomic mass is 10.2. The van der Waals surface area contributed by atoms with Gasteiger partial charge in [0.15, 0.2) is 6.61 Å². The van der Waals surface area contributed by atoms with Crippen molar-refractivity contribution in [3.63, 3.8) is 0 Å². The van der Waals surface area contributed by atoms with Gasteiger partial charge in [0, 0.05) is 0 Å². The molecule has 0 aliphatic heterocycles. The average Bonchev–Trinajstić information content (AvgIpc) is 3.15. The van der Waals surface area contributed by atoms with Gasteiger partial charge < -0.3 is 4.74 Å². The number of amides is 2. The van der Waals surface area contributed by atoms with Gasteiger partial charge in [0.2, 0.25) is 0 Å². The van der Waals surface area contributed by atoms with Crippen LogP contribution in [0.5, 0.6) is 0 Å². The van der Waals surface area contributed by atoms with Gasteiger partial charge in [-0.2, -0.15) is 0 Å². The van der Waals surface area contributed by atoms with E-state index in [1.807, 2.05) is 13.8 Å². The fourth-order valence-electron chi connectivity index (χ4n) is 2.20. The molecule has 0 saturated heterocycles. The SMILES string of the molecule is Cc1nc2ccc(C(=O)OCC(=O)NC(=O)c3cccs3)cc2nc1C. The van der Waals surface area contributed by atoms with Gasteiger partial charge in [-0.15, -0.1) is 11.3 Å². The minimum Gasteiger partial charge on any atom is -0.452 e. The van der Waals surface area contributed by atoms with Gasteiger partial charge >= 0.3 is 5.97 Å². The van der Waals surface area contributed by atoms with Gasteiger partial charge in [-0.1, -0.05) is 6.07 Å². The van der Waals surface area contributed by atoms with E-state index >= 15 is 0 Å². The maximum atomic E-state index is 12.1. The summed E-state index contributed by atoms with van der Waals surface area (Å²) in [5.41, 5.74) is 3.09. The summed E-state index contributed by atoms with van der Waals surface area (Å²) in [6, 6.07) is 8.09. The first kappa shape index (κ1) is 17.7. The molecule has 132 valence electrons. The van der Waals surface area contributed by atoms with Crippen LogP contribution in [0.1, 0.15) is 31.4 Å². The van der Waals surface area contributed by atoms with E-state index in [0.29, 0.717) is 15.9 Å². The molecule has 0 unspecified atom stereocenters. The Labute approximate surface area is 153 Å². The number of carbonyl (C=O) groups is 3. The van der Waals surface area contributed by atoms with Crippen LogP contribution in [0.4, 0.5) is 0 Å². The molecule has 1 N–H and O–H groups in total. The Morgan fingerprint density at radius 1 is 1.08 bits per heavy atom. The Morgan fingerprint density at radius 2 is 1.81 bits per heavy atom. The normalized spacial score (nSPS) is 10.5. The quantitative estimate of drug-likeness (QED) is 0.709. The van der Waals surface area contributed by atoms with Gasteiger partial charge in [0.25, 0.3) is 11.8 Å². The topological polar surface area (TPSA) is 98.2 Å². The molecule has 26 heavy (non-hydrogen) atoms. The molecule has 8 heteroatoms. The first-order valence-electron chi connectivity index (χ1n) is 7.74. The molecule has 0 saturated carbocycles. The Bertz CT molecular complexity index is 999. The van der Waals surface area contributed by atoms with E-state index in [1.165, 1.54) is 11.3 Å². The van der Waals surface area contributed by atoms with Crippen LogP contribution in [0.3, 0.4) is 0 Å². The predicted octanol–water partition coefficient (Wildman–Crippen LogP) is 2.42. The highest BCUT2D eigenvalue weighted by Gasteiger charge is 2.15. The molecule has 2 amide bonds. The van der Waals surface area contributed by atoms with Crippen LogP contribution < -0.4 is 5.32 Å². The molecular weight excluding hydrogens is 354 g/mol. The number of carbonyl (C=O) groups excluding carboxylic acids is 3. The van der Waals surface area contributed by atoms with Crippen LogP contribution in [-0.2, 0) is 9.53 Å². The number of hydrogen-bond donors (Lipinski definition) is 1. The molecule has 0 spiro atoms. The number of rotatable bonds is 4. The molecule has 1 aromatic carbocycles. The van der Waals surface area contributed by atoms with Crippen molar-refractivity contribution in [1.29, 1.82) is 0 Å². The summed E-state index contributed by atoms with van der Waals surface area (Å²) < 4.78 is 4.96. The Morgan fingerprint density at radius 3 is 2.50 bits per heavy atom. The summed E-state index contributed by atoms with van der Waals surface area (Å²) >= 11 is 1.21. The van der Waals surface area contributed by atoms with Crippen molar-refractivity contribution in [2.75, 3.05) is 6.61 Å². The van der Waals surface area contributed by atoms with Gasteiger partial charge in [0.1, 0.15) is 0 Å². The fraction of sp³-hybridized carbons (Fsp3) is 0.167. The molecule has 0 aliphatic rings. The highest BCUT2D eigenvalue weighted by molar-refractivity contribution is 7.12. The zero-order valence-corrected chi connectivity index (χ0v) is 14.9. The largest absolute Gasteiger partial charge is 0.452 e. The van der Waals surface area contributed by atoms with E-state index < -0.39 is 24.4 Å². The Kier molecular flexibility index (Phi) is 5.04. The van der Waals surface area contributed by atoms with E-state index in [-0.39, 0.29) is 5.56 Å². The van der Waals surface area contributed by atoms with E-state index in [4.69, 9.17) is 4.74 Å². The number of thiophene rings is 1. The van der Waals surface area contributed by atoms with Crippen molar-refractivity contribution in [2.45, 2.75) is 13.8 Å². The summed E-state index contributed by atoms with van der Waals surface area (Å²) in [4.78, 5) is 44.8. The Hall–Kier alpha value is -3.13. The van der Waals surface area contributed by atoms with Gasteiger partial charge in [-0.3, -0.25) is 14.9 Å². The van der Waals surface area contributed by atoms with Gasteiger partial charge in [-0.05, 0) is 43.5 Å². The number of nitrogens with one attached hydrogen (secondary N) is 1. The lowest BCUT2D eigenvalue weighted by Gasteiger charge is -2.07. The summed E-state index contributed by atoms with van der Waals surface area (Å²) in [7, 11) is 0. The number of hydrogen-bond acceptors (Lipinski definition) is 7. The van der Waals surface area contributed by atoms with E-state index in [9.17, 15) is 14.4 Å². The standard InChI is InChI=1S/C18H15N3O4S/c1-10-11(2)20-14-8-12(5-6-13(14)19-10)18(24)25-9-16(22)21-17(23)15-4-3-7-26-15/h3-8H,9H2,1-2H3,(H,21,22,23). The zero-order valence-electron chi connectivity index (χ0n) is 14.1. The van der Waals surface area contributed by atoms with Crippen LogP contribution in [0, 0.1) is 13.8 Å². The van der Waals surface area contributed by atoms with Crippen molar-refractivity contribution in [2.24, 2.45) is 0 Å². The van der Waals surface area contributed by atoms with Crippen LogP contribution in [-0.4, -0.2) is 34.4 Å². The van der Waals surface area contributed by atoms with E-state index in [1.54, 1.807) is 35.7 Å². The summed E-state index contributed by atoms with van der Waals surface area (Å²) in [5.74, 6) is -1.89. The minimum atomic E-state index is -0.691. The second-order valence-electron chi connectivity index (χ2n) is 5.53. The number of esters is 1. The maximum Gasteiger partial charge on any atom is 0.338 e. The molecule has 0 bridgehead atoms. The third-order valence-electron chi connectivity index (χ3n) is 3.64.